The molecular weight excluding hydrogens is 450 g/mol. The lowest BCUT2D eigenvalue weighted by Gasteiger charge is -2.15. The highest BCUT2D eigenvalue weighted by molar-refractivity contribution is 7.90. The summed E-state index contributed by atoms with van der Waals surface area (Å²) in [6, 6.07) is 19.6. The standard InChI is InChI=1S/C23H16ClN3O4S/c24-17-9-3-6-12-20(17)32(30,31)27-19-11-5-4-10-18(19)25-21(27)13-14-26-22(28)15-7-1-2-8-16(15)23(26)29/h1-12H,13-14H2. The summed E-state index contributed by atoms with van der Waals surface area (Å²) in [5, 5.41) is 0.0941. The number of carbonyl (C=O) groups excluding carboxylic acids is 2. The van der Waals surface area contributed by atoms with Gasteiger partial charge in [-0.1, -0.05) is 48.0 Å². The molecule has 0 saturated heterocycles. The molecule has 2 amide bonds. The van der Waals surface area contributed by atoms with Crippen LogP contribution in [0.2, 0.25) is 5.02 Å². The summed E-state index contributed by atoms with van der Waals surface area (Å²) < 4.78 is 28.2. The average molecular weight is 466 g/mol. The minimum atomic E-state index is -4.08. The number of amides is 2. The molecule has 5 rings (SSSR count). The molecule has 3 aromatic carbocycles. The molecule has 0 saturated carbocycles. The molecule has 1 aliphatic rings. The van der Waals surface area contributed by atoms with Crippen molar-refractivity contribution in [3.63, 3.8) is 0 Å². The van der Waals surface area contributed by atoms with Crippen molar-refractivity contribution in [2.45, 2.75) is 11.3 Å². The van der Waals surface area contributed by atoms with Gasteiger partial charge >= 0.3 is 0 Å². The van der Waals surface area contributed by atoms with Crippen LogP contribution in [0.5, 0.6) is 0 Å². The fourth-order valence-corrected chi connectivity index (χ4v) is 5.90. The molecule has 0 radical (unpaired) electrons. The molecule has 0 atom stereocenters. The Morgan fingerprint density at radius 3 is 2.09 bits per heavy atom. The van der Waals surface area contributed by atoms with Gasteiger partial charge in [-0.05, 0) is 36.4 Å². The first-order chi connectivity index (χ1) is 15.4. The van der Waals surface area contributed by atoms with Crippen LogP contribution in [0.3, 0.4) is 0 Å². The van der Waals surface area contributed by atoms with Gasteiger partial charge in [-0.15, -0.1) is 0 Å². The lowest BCUT2D eigenvalue weighted by molar-refractivity contribution is 0.0655. The van der Waals surface area contributed by atoms with E-state index in [2.05, 4.69) is 4.98 Å². The normalized spacial score (nSPS) is 13.7. The van der Waals surface area contributed by atoms with E-state index in [-0.39, 0.29) is 28.7 Å². The van der Waals surface area contributed by atoms with Gasteiger partial charge in [0.15, 0.2) is 0 Å². The molecule has 2 heterocycles. The molecule has 0 N–H and O–H groups in total. The zero-order chi connectivity index (χ0) is 22.5. The first-order valence-electron chi connectivity index (χ1n) is 9.81. The Labute approximate surface area is 188 Å². The molecule has 1 aromatic heterocycles. The number of rotatable bonds is 5. The van der Waals surface area contributed by atoms with Gasteiger partial charge in [0, 0.05) is 13.0 Å². The van der Waals surface area contributed by atoms with Crippen molar-refractivity contribution in [2.75, 3.05) is 6.54 Å². The van der Waals surface area contributed by atoms with E-state index >= 15 is 0 Å². The van der Waals surface area contributed by atoms with E-state index in [1.54, 1.807) is 60.7 Å². The minimum absolute atomic E-state index is 0.00624. The van der Waals surface area contributed by atoms with Crippen molar-refractivity contribution in [2.24, 2.45) is 0 Å². The lowest BCUT2D eigenvalue weighted by Crippen LogP contribution is -2.32. The first kappa shape index (κ1) is 20.4. The molecular formula is C23H16ClN3O4S. The molecule has 0 spiro atoms. The van der Waals surface area contributed by atoms with Crippen LogP contribution in [0.15, 0.2) is 77.7 Å². The summed E-state index contributed by atoms with van der Waals surface area (Å²) in [5.74, 6) is -0.591. The molecule has 32 heavy (non-hydrogen) atoms. The number of halogens is 1. The summed E-state index contributed by atoms with van der Waals surface area (Å²) in [5.41, 5.74) is 1.56. The molecule has 4 aromatic rings. The first-order valence-corrected chi connectivity index (χ1v) is 11.6. The van der Waals surface area contributed by atoms with Crippen molar-refractivity contribution in [3.05, 3.63) is 94.8 Å². The third-order valence-electron chi connectivity index (χ3n) is 5.38. The molecule has 0 unspecified atom stereocenters. The highest BCUT2D eigenvalue weighted by atomic mass is 35.5. The van der Waals surface area contributed by atoms with Crippen LogP contribution in [0, 0.1) is 0 Å². The van der Waals surface area contributed by atoms with Crippen LogP contribution in [0.25, 0.3) is 11.0 Å². The fourth-order valence-electron chi connectivity index (χ4n) is 3.89. The van der Waals surface area contributed by atoms with Gasteiger partial charge in [-0.25, -0.2) is 17.4 Å². The Morgan fingerprint density at radius 1 is 0.812 bits per heavy atom. The van der Waals surface area contributed by atoms with Gasteiger partial charge in [0.1, 0.15) is 10.7 Å². The quantitative estimate of drug-likeness (QED) is 0.418. The largest absolute Gasteiger partial charge is 0.274 e. The van der Waals surface area contributed by atoms with Crippen molar-refractivity contribution >= 4 is 44.5 Å². The van der Waals surface area contributed by atoms with Gasteiger partial charge in [-0.2, -0.15) is 0 Å². The van der Waals surface area contributed by atoms with E-state index in [0.29, 0.717) is 22.2 Å². The van der Waals surface area contributed by atoms with Crippen LogP contribution >= 0.6 is 11.6 Å². The molecule has 0 fully saturated rings. The number of aromatic nitrogens is 2. The predicted octanol–water partition coefficient (Wildman–Crippen LogP) is 3.77. The average Bonchev–Trinajstić information content (AvgIpc) is 3.28. The number of hydrogen-bond donors (Lipinski definition) is 0. The number of fused-ring (bicyclic) bond motifs is 2. The van der Waals surface area contributed by atoms with E-state index in [9.17, 15) is 18.0 Å². The van der Waals surface area contributed by atoms with E-state index < -0.39 is 21.8 Å². The second kappa shape index (κ2) is 7.58. The predicted molar refractivity (Wildman–Crippen MR) is 119 cm³/mol. The molecule has 1 aliphatic heterocycles. The number of benzene rings is 3. The van der Waals surface area contributed by atoms with Gasteiger partial charge in [0.2, 0.25) is 0 Å². The van der Waals surface area contributed by atoms with Gasteiger partial charge in [-0.3, -0.25) is 14.5 Å². The summed E-state index contributed by atoms with van der Waals surface area (Å²) >= 11 is 6.19. The van der Waals surface area contributed by atoms with Gasteiger partial charge < -0.3 is 0 Å². The Balaban J connectivity index is 1.56. The Bertz CT molecular complexity index is 1480. The Morgan fingerprint density at radius 2 is 1.41 bits per heavy atom. The second-order valence-corrected chi connectivity index (χ2v) is 9.44. The summed E-state index contributed by atoms with van der Waals surface area (Å²) in [4.78, 5) is 30.9. The molecule has 0 bridgehead atoms. The number of imide groups is 1. The molecule has 0 aliphatic carbocycles. The van der Waals surface area contributed by atoms with Gasteiger partial charge in [0.25, 0.3) is 21.8 Å². The molecule has 7 nitrogen and oxygen atoms in total. The maximum Gasteiger partial charge on any atom is 0.271 e. The number of nitrogens with zero attached hydrogens (tertiary/aromatic N) is 3. The second-order valence-electron chi connectivity index (χ2n) is 7.27. The summed E-state index contributed by atoms with van der Waals surface area (Å²) in [7, 11) is -4.08. The topological polar surface area (TPSA) is 89.3 Å². The van der Waals surface area contributed by atoms with Crippen molar-refractivity contribution < 1.29 is 18.0 Å². The van der Waals surface area contributed by atoms with Crippen molar-refractivity contribution in [3.8, 4) is 0 Å². The van der Waals surface area contributed by atoms with Crippen LogP contribution in [-0.4, -0.2) is 40.6 Å². The van der Waals surface area contributed by atoms with Crippen molar-refractivity contribution in [1.29, 1.82) is 0 Å². The number of imidazole rings is 1. The summed E-state index contributed by atoms with van der Waals surface area (Å²) in [6.45, 7) is -0.00624. The molecule has 9 heteroatoms. The van der Waals surface area contributed by atoms with E-state index in [4.69, 9.17) is 11.6 Å². The maximum atomic E-state index is 13.5. The van der Waals surface area contributed by atoms with E-state index in [0.717, 1.165) is 8.87 Å². The Hall–Kier alpha value is -3.49. The minimum Gasteiger partial charge on any atom is -0.274 e. The third kappa shape index (κ3) is 3.11. The number of para-hydroxylation sites is 2. The fraction of sp³-hybridized carbons (Fsp3) is 0.0870. The van der Waals surface area contributed by atoms with Crippen LogP contribution in [-0.2, 0) is 16.4 Å². The van der Waals surface area contributed by atoms with Crippen LogP contribution in [0.1, 0.15) is 26.5 Å². The monoisotopic (exact) mass is 465 g/mol. The number of hydrogen-bond acceptors (Lipinski definition) is 5. The highest BCUT2D eigenvalue weighted by Crippen LogP contribution is 2.29. The lowest BCUT2D eigenvalue weighted by atomic mass is 10.1. The summed E-state index contributed by atoms with van der Waals surface area (Å²) in [6.07, 6.45) is 0.0594. The van der Waals surface area contributed by atoms with Gasteiger partial charge in [0.05, 0.1) is 27.2 Å². The smallest absolute Gasteiger partial charge is 0.271 e. The maximum absolute atomic E-state index is 13.5. The zero-order valence-corrected chi connectivity index (χ0v) is 18.2. The van der Waals surface area contributed by atoms with Crippen LogP contribution in [0.4, 0.5) is 0 Å². The zero-order valence-electron chi connectivity index (χ0n) is 16.6. The van der Waals surface area contributed by atoms with E-state index in [1.165, 1.54) is 12.1 Å². The number of carbonyl (C=O) groups is 2. The Kier molecular flexibility index (Phi) is 4.83. The van der Waals surface area contributed by atoms with E-state index in [1.807, 2.05) is 0 Å². The van der Waals surface area contributed by atoms with Crippen molar-refractivity contribution in [1.82, 2.24) is 13.9 Å². The SMILES string of the molecule is O=C1c2ccccc2C(=O)N1CCc1nc2ccccc2n1S(=O)(=O)c1ccccc1Cl. The highest BCUT2D eigenvalue weighted by Gasteiger charge is 2.35. The molecule has 160 valence electrons. The third-order valence-corrected chi connectivity index (χ3v) is 7.62. The van der Waals surface area contributed by atoms with Crippen LogP contribution < -0.4 is 0 Å².